The summed E-state index contributed by atoms with van der Waals surface area (Å²) >= 11 is 0. The molecule has 5 rings (SSSR count). The Morgan fingerprint density at radius 3 is 2.81 bits per heavy atom. The van der Waals surface area contributed by atoms with Crippen molar-refractivity contribution in [2.75, 3.05) is 11.9 Å². The van der Waals surface area contributed by atoms with Crippen LogP contribution in [0.1, 0.15) is 24.8 Å². The third-order valence-corrected chi connectivity index (χ3v) is 5.33. The van der Waals surface area contributed by atoms with Crippen LogP contribution in [0.4, 0.5) is 19.1 Å². The first-order valence-corrected chi connectivity index (χ1v) is 10.1. The molecule has 1 aromatic carbocycles. The molecule has 0 aliphatic carbocycles. The number of anilines is 1. The lowest BCUT2D eigenvalue weighted by molar-refractivity contribution is -0.137. The third kappa shape index (κ3) is 3.70. The van der Waals surface area contributed by atoms with Crippen molar-refractivity contribution >= 4 is 28.4 Å². The van der Waals surface area contributed by atoms with Gasteiger partial charge < -0.3 is 10.6 Å². The fourth-order valence-electron chi connectivity index (χ4n) is 3.72. The highest BCUT2D eigenvalue weighted by atomic mass is 19.4. The monoisotopic (exact) mass is 441 g/mol. The van der Waals surface area contributed by atoms with Crippen molar-refractivity contribution in [3.8, 4) is 11.5 Å². The van der Waals surface area contributed by atoms with Gasteiger partial charge >= 0.3 is 6.18 Å². The second kappa shape index (κ2) is 7.74. The third-order valence-electron chi connectivity index (χ3n) is 5.33. The van der Waals surface area contributed by atoms with Crippen LogP contribution in [0.15, 0.2) is 42.6 Å². The topological polar surface area (TPSA) is 97.1 Å². The van der Waals surface area contributed by atoms with E-state index in [1.807, 2.05) is 12.1 Å². The van der Waals surface area contributed by atoms with Crippen molar-refractivity contribution in [3.05, 3.63) is 48.2 Å². The maximum absolute atomic E-state index is 13.2. The van der Waals surface area contributed by atoms with Crippen LogP contribution in [0.5, 0.6) is 0 Å². The lowest BCUT2D eigenvalue weighted by Crippen LogP contribution is -2.38. The zero-order chi connectivity index (χ0) is 22.3. The Balaban J connectivity index is 1.65. The normalized spacial score (nSPS) is 17.3. The molecule has 4 heterocycles. The van der Waals surface area contributed by atoms with Crippen LogP contribution in [0.25, 0.3) is 28.1 Å². The van der Waals surface area contributed by atoms with Gasteiger partial charge in [-0.3, -0.25) is 9.78 Å². The second-order valence-corrected chi connectivity index (χ2v) is 7.53. The van der Waals surface area contributed by atoms with E-state index in [1.165, 1.54) is 4.52 Å². The molecular weight excluding hydrogens is 423 g/mol. The highest BCUT2D eigenvalue weighted by Crippen LogP contribution is 2.31. The highest BCUT2D eigenvalue weighted by Gasteiger charge is 2.31. The van der Waals surface area contributed by atoms with E-state index in [9.17, 15) is 18.0 Å². The predicted octanol–water partition coefficient (Wildman–Crippen LogP) is 3.44. The number of hydrogen-bond acceptors (Lipinski definition) is 6. The number of amides is 1. The number of benzene rings is 1. The summed E-state index contributed by atoms with van der Waals surface area (Å²) < 4.78 is 40.9. The molecular formula is C21H18F3N7O. The van der Waals surface area contributed by atoms with Gasteiger partial charge in [-0.25, -0.2) is 9.97 Å². The van der Waals surface area contributed by atoms with Crippen molar-refractivity contribution in [2.45, 2.75) is 31.5 Å². The Hall–Kier alpha value is -3.76. The van der Waals surface area contributed by atoms with Gasteiger partial charge in [0.05, 0.1) is 11.1 Å². The maximum Gasteiger partial charge on any atom is 0.416 e. The molecule has 1 aliphatic heterocycles. The molecule has 1 amide bonds. The molecule has 3 aromatic heterocycles. The van der Waals surface area contributed by atoms with Crippen LogP contribution >= 0.6 is 0 Å². The molecule has 0 bridgehead atoms. The minimum absolute atomic E-state index is 0.00855. The van der Waals surface area contributed by atoms with Crippen molar-refractivity contribution < 1.29 is 18.0 Å². The van der Waals surface area contributed by atoms with Gasteiger partial charge in [0, 0.05) is 18.1 Å². The number of halogens is 3. The predicted molar refractivity (Wildman–Crippen MR) is 111 cm³/mol. The first-order chi connectivity index (χ1) is 15.4. The number of rotatable bonds is 3. The summed E-state index contributed by atoms with van der Waals surface area (Å²) in [6, 6.07) is 8.53. The average molecular weight is 441 g/mol. The van der Waals surface area contributed by atoms with Crippen LogP contribution in [0, 0.1) is 0 Å². The van der Waals surface area contributed by atoms with Crippen LogP contribution in [-0.2, 0) is 11.0 Å². The number of carbonyl (C=O) groups excluding carboxylic acids is 1. The number of nitrogens with zero attached hydrogens (tertiary/aromatic N) is 5. The number of pyridine rings is 1. The second-order valence-electron chi connectivity index (χ2n) is 7.53. The highest BCUT2D eigenvalue weighted by molar-refractivity contribution is 5.93. The number of carbonyl (C=O) groups is 1. The largest absolute Gasteiger partial charge is 0.416 e. The molecule has 11 heteroatoms. The molecule has 0 saturated carbocycles. The number of nitrogens with one attached hydrogen (secondary N) is 2. The molecule has 1 atom stereocenters. The van der Waals surface area contributed by atoms with Crippen LogP contribution in [-0.4, -0.2) is 43.1 Å². The van der Waals surface area contributed by atoms with Gasteiger partial charge in [-0.2, -0.15) is 17.7 Å². The van der Waals surface area contributed by atoms with E-state index in [0.29, 0.717) is 29.5 Å². The Kier molecular flexibility index (Phi) is 4.87. The molecule has 0 spiro atoms. The number of para-hydroxylation sites is 1. The molecule has 164 valence electrons. The SMILES string of the molecule is O=C1NCCCC[C@H]1Nc1nc2ccccc2c2nc(-c3cc(C(F)(F)F)ccn3)nn12. The molecule has 0 radical (unpaired) electrons. The Labute approximate surface area is 179 Å². The summed E-state index contributed by atoms with van der Waals surface area (Å²) in [4.78, 5) is 25.5. The van der Waals surface area contributed by atoms with E-state index in [1.54, 1.807) is 12.1 Å². The summed E-state index contributed by atoms with van der Waals surface area (Å²) in [6.07, 6.45) is -1.05. The van der Waals surface area contributed by atoms with E-state index < -0.39 is 17.8 Å². The molecule has 1 fully saturated rings. The molecule has 8 nitrogen and oxygen atoms in total. The van der Waals surface area contributed by atoms with E-state index in [-0.39, 0.29) is 23.4 Å². The van der Waals surface area contributed by atoms with E-state index in [2.05, 4.69) is 30.7 Å². The summed E-state index contributed by atoms with van der Waals surface area (Å²) in [5.74, 6) is 0.180. The van der Waals surface area contributed by atoms with Crippen molar-refractivity contribution in [1.29, 1.82) is 0 Å². The van der Waals surface area contributed by atoms with Gasteiger partial charge in [0.2, 0.25) is 17.7 Å². The van der Waals surface area contributed by atoms with Gasteiger partial charge in [-0.05, 0) is 43.5 Å². The Morgan fingerprint density at radius 2 is 1.97 bits per heavy atom. The minimum atomic E-state index is -4.51. The Morgan fingerprint density at radius 1 is 1.12 bits per heavy atom. The number of alkyl halides is 3. The average Bonchev–Trinajstić information content (AvgIpc) is 3.14. The van der Waals surface area contributed by atoms with Gasteiger partial charge in [0.25, 0.3) is 0 Å². The van der Waals surface area contributed by atoms with Gasteiger partial charge in [-0.15, -0.1) is 5.10 Å². The number of aromatic nitrogens is 5. The van der Waals surface area contributed by atoms with Gasteiger partial charge in [0.15, 0.2) is 5.65 Å². The fourth-order valence-corrected chi connectivity index (χ4v) is 3.72. The van der Waals surface area contributed by atoms with E-state index in [4.69, 9.17) is 0 Å². The van der Waals surface area contributed by atoms with E-state index >= 15 is 0 Å². The van der Waals surface area contributed by atoms with Crippen LogP contribution < -0.4 is 10.6 Å². The summed E-state index contributed by atoms with van der Waals surface area (Å²) in [5.41, 5.74) is 0.178. The lowest BCUT2D eigenvalue weighted by atomic mass is 10.1. The van der Waals surface area contributed by atoms with Crippen molar-refractivity contribution in [2.24, 2.45) is 0 Å². The molecule has 1 saturated heterocycles. The minimum Gasteiger partial charge on any atom is -0.354 e. The summed E-state index contributed by atoms with van der Waals surface area (Å²) in [5, 5.41) is 11.1. The zero-order valence-corrected chi connectivity index (χ0v) is 16.7. The standard InChI is InChI=1S/C21H18F3N7O/c22-21(23,24)12-8-10-25-16(11-12)17-29-18-13-5-1-2-6-14(13)27-20(31(18)30-17)28-15-7-3-4-9-26-19(15)32/h1-2,5-6,8,10-11,15H,3-4,7,9H2,(H,26,32)(H,27,28)/t15-/m1/s1. The van der Waals surface area contributed by atoms with Crippen LogP contribution in [0.3, 0.4) is 0 Å². The van der Waals surface area contributed by atoms with Gasteiger partial charge in [-0.1, -0.05) is 12.1 Å². The van der Waals surface area contributed by atoms with Crippen LogP contribution in [0.2, 0.25) is 0 Å². The molecule has 4 aromatic rings. The zero-order valence-electron chi connectivity index (χ0n) is 16.7. The first-order valence-electron chi connectivity index (χ1n) is 10.1. The van der Waals surface area contributed by atoms with Crippen molar-refractivity contribution in [3.63, 3.8) is 0 Å². The Bertz CT molecular complexity index is 1320. The maximum atomic E-state index is 13.2. The fraction of sp³-hybridized carbons (Fsp3) is 0.286. The molecule has 1 aliphatic rings. The molecule has 0 unspecified atom stereocenters. The smallest absolute Gasteiger partial charge is 0.354 e. The number of hydrogen-bond donors (Lipinski definition) is 2. The van der Waals surface area contributed by atoms with Gasteiger partial charge in [0.1, 0.15) is 11.7 Å². The summed E-state index contributed by atoms with van der Waals surface area (Å²) in [7, 11) is 0. The van der Waals surface area contributed by atoms with E-state index in [0.717, 1.165) is 31.2 Å². The summed E-state index contributed by atoms with van der Waals surface area (Å²) in [6.45, 7) is 0.617. The molecule has 32 heavy (non-hydrogen) atoms. The molecule has 2 N–H and O–H groups in total. The first kappa shape index (κ1) is 20.2. The van der Waals surface area contributed by atoms with Crippen molar-refractivity contribution in [1.82, 2.24) is 29.9 Å². The number of fused-ring (bicyclic) bond motifs is 3. The quantitative estimate of drug-likeness (QED) is 0.506. The lowest BCUT2D eigenvalue weighted by Gasteiger charge is -2.16.